The van der Waals surface area contributed by atoms with Crippen LogP contribution in [0.3, 0.4) is 0 Å². The molecular weight excluding hydrogens is 330 g/mol. The monoisotopic (exact) mass is 359 g/mol. The van der Waals surface area contributed by atoms with Crippen LogP contribution in [0.2, 0.25) is 0 Å². The van der Waals surface area contributed by atoms with Crippen molar-refractivity contribution in [3.8, 4) is 0 Å². The number of benzene rings is 1. The molecule has 0 aromatic heterocycles. The maximum atomic E-state index is 12.7. The first-order valence-corrected chi connectivity index (χ1v) is 9.64. The topological polar surface area (TPSA) is 70.7 Å². The standard InChI is InChI=1S/C20H29N3O3/c1-15-7-9-23(10-8-15)19(24)17-5-2-6-18(12-17)22-20(25)21-13-16-4-3-11-26-14-16/h2,5-6,12,15-16H,3-4,7-11,13-14H2,1H3,(H2,21,22,25)/t16-/m0/s1. The number of anilines is 1. The third-order valence-corrected chi connectivity index (χ3v) is 5.24. The molecule has 2 heterocycles. The van der Waals surface area contributed by atoms with E-state index in [2.05, 4.69) is 17.6 Å². The minimum absolute atomic E-state index is 0.0420. The molecule has 2 fully saturated rings. The second-order valence-corrected chi connectivity index (χ2v) is 7.47. The third kappa shape index (κ3) is 5.21. The number of piperidine rings is 1. The molecule has 0 aliphatic carbocycles. The van der Waals surface area contributed by atoms with E-state index < -0.39 is 0 Å². The number of carbonyl (C=O) groups excluding carboxylic acids is 2. The molecule has 0 bridgehead atoms. The average Bonchev–Trinajstić information content (AvgIpc) is 2.67. The van der Waals surface area contributed by atoms with Crippen LogP contribution in [-0.4, -0.2) is 49.7 Å². The van der Waals surface area contributed by atoms with Gasteiger partial charge in [-0.1, -0.05) is 13.0 Å². The molecule has 0 saturated carbocycles. The van der Waals surface area contributed by atoms with Crippen LogP contribution < -0.4 is 10.6 Å². The maximum absolute atomic E-state index is 12.7. The van der Waals surface area contributed by atoms with Gasteiger partial charge in [-0.05, 0) is 55.7 Å². The van der Waals surface area contributed by atoms with Gasteiger partial charge in [0.15, 0.2) is 0 Å². The first-order valence-electron chi connectivity index (χ1n) is 9.64. The second kappa shape index (κ2) is 9.03. The van der Waals surface area contributed by atoms with E-state index in [0.717, 1.165) is 45.4 Å². The lowest BCUT2D eigenvalue weighted by atomic mass is 9.98. The summed E-state index contributed by atoms with van der Waals surface area (Å²) in [7, 11) is 0. The van der Waals surface area contributed by atoms with E-state index in [9.17, 15) is 9.59 Å². The Morgan fingerprint density at radius 1 is 1.23 bits per heavy atom. The van der Waals surface area contributed by atoms with E-state index in [1.807, 2.05) is 17.0 Å². The van der Waals surface area contributed by atoms with Gasteiger partial charge in [0.1, 0.15) is 0 Å². The lowest BCUT2D eigenvalue weighted by molar-refractivity contribution is 0.0559. The minimum atomic E-state index is -0.244. The molecule has 6 heteroatoms. The highest BCUT2D eigenvalue weighted by Crippen LogP contribution is 2.19. The van der Waals surface area contributed by atoms with Gasteiger partial charge in [-0.3, -0.25) is 4.79 Å². The summed E-state index contributed by atoms with van der Waals surface area (Å²) in [6, 6.07) is 6.93. The smallest absolute Gasteiger partial charge is 0.319 e. The van der Waals surface area contributed by atoms with E-state index in [0.29, 0.717) is 36.2 Å². The number of likely N-dealkylation sites (tertiary alicyclic amines) is 1. The number of amides is 3. The van der Waals surface area contributed by atoms with Gasteiger partial charge >= 0.3 is 6.03 Å². The summed E-state index contributed by atoms with van der Waals surface area (Å²) >= 11 is 0. The zero-order valence-electron chi connectivity index (χ0n) is 15.5. The van der Waals surface area contributed by atoms with Crippen molar-refractivity contribution >= 4 is 17.6 Å². The highest BCUT2D eigenvalue weighted by atomic mass is 16.5. The fourth-order valence-corrected chi connectivity index (χ4v) is 3.50. The van der Waals surface area contributed by atoms with Crippen molar-refractivity contribution in [2.45, 2.75) is 32.6 Å². The van der Waals surface area contributed by atoms with Crippen LogP contribution in [0, 0.1) is 11.8 Å². The zero-order chi connectivity index (χ0) is 18.4. The number of urea groups is 1. The molecule has 26 heavy (non-hydrogen) atoms. The van der Waals surface area contributed by atoms with Crippen molar-refractivity contribution in [1.82, 2.24) is 10.2 Å². The van der Waals surface area contributed by atoms with Crippen molar-refractivity contribution in [2.75, 3.05) is 38.2 Å². The van der Waals surface area contributed by atoms with Gasteiger partial charge in [0.25, 0.3) is 5.91 Å². The summed E-state index contributed by atoms with van der Waals surface area (Å²) in [5, 5.41) is 5.72. The molecule has 1 aromatic rings. The van der Waals surface area contributed by atoms with Crippen molar-refractivity contribution in [1.29, 1.82) is 0 Å². The normalized spacial score (nSPS) is 21.3. The third-order valence-electron chi connectivity index (χ3n) is 5.24. The van der Waals surface area contributed by atoms with Crippen LogP contribution >= 0.6 is 0 Å². The fraction of sp³-hybridized carbons (Fsp3) is 0.600. The molecule has 3 rings (SSSR count). The molecule has 2 aliphatic heterocycles. The van der Waals surface area contributed by atoms with Crippen LogP contribution in [0.25, 0.3) is 0 Å². The van der Waals surface area contributed by atoms with E-state index in [1.54, 1.807) is 12.1 Å². The summed E-state index contributed by atoms with van der Waals surface area (Å²) in [5.74, 6) is 1.11. The number of hydrogen-bond donors (Lipinski definition) is 2. The number of rotatable bonds is 4. The van der Waals surface area contributed by atoms with E-state index in [-0.39, 0.29) is 11.9 Å². The van der Waals surface area contributed by atoms with Crippen LogP contribution in [0.1, 0.15) is 43.0 Å². The average molecular weight is 359 g/mol. The number of hydrogen-bond acceptors (Lipinski definition) is 3. The van der Waals surface area contributed by atoms with Crippen LogP contribution in [0.4, 0.5) is 10.5 Å². The molecule has 0 spiro atoms. The lowest BCUT2D eigenvalue weighted by Gasteiger charge is -2.30. The molecule has 0 unspecified atom stereocenters. The Kier molecular flexibility index (Phi) is 6.50. The summed E-state index contributed by atoms with van der Waals surface area (Å²) in [6.45, 7) is 5.97. The summed E-state index contributed by atoms with van der Waals surface area (Å²) in [5.41, 5.74) is 1.26. The van der Waals surface area contributed by atoms with E-state index in [1.165, 1.54) is 0 Å². The Hall–Kier alpha value is -2.08. The van der Waals surface area contributed by atoms with E-state index >= 15 is 0 Å². The number of ether oxygens (including phenoxy) is 1. The Morgan fingerprint density at radius 3 is 2.77 bits per heavy atom. The fourth-order valence-electron chi connectivity index (χ4n) is 3.50. The highest BCUT2D eigenvalue weighted by Gasteiger charge is 2.21. The predicted molar refractivity (Wildman–Crippen MR) is 101 cm³/mol. The van der Waals surface area contributed by atoms with Gasteiger partial charge < -0.3 is 20.3 Å². The summed E-state index contributed by atoms with van der Waals surface area (Å²) < 4.78 is 5.43. The van der Waals surface area contributed by atoms with Crippen molar-refractivity contribution < 1.29 is 14.3 Å². The predicted octanol–water partition coefficient (Wildman–Crippen LogP) is 3.11. The lowest BCUT2D eigenvalue weighted by Crippen LogP contribution is -2.38. The van der Waals surface area contributed by atoms with Crippen molar-refractivity contribution in [2.24, 2.45) is 11.8 Å². The molecule has 0 radical (unpaired) electrons. The Morgan fingerprint density at radius 2 is 2.04 bits per heavy atom. The number of carbonyl (C=O) groups is 2. The van der Waals surface area contributed by atoms with Gasteiger partial charge in [0, 0.05) is 37.5 Å². The molecular formula is C20H29N3O3. The van der Waals surface area contributed by atoms with Gasteiger partial charge in [-0.25, -0.2) is 4.79 Å². The molecule has 1 atom stereocenters. The summed E-state index contributed by atoms with van der Waals surface area (Å²) in [4.78, 5) is 26.7. The second-order valence-electron chi connectivity index (χ2n) is 7.47. The molecule has 2 N–H and O–H groups in total. The molecule has 3 amide bonds. The highest BCUT2D eigenvalue weighted by molar-refractivity contribution is 5.97. The molecule has 142 valence electrons. The minimum Gasteiger partial charge on any atom is -0.381 e. The SMILES string of the molecule is CC1CCN(C(=O)c2cccc(NC(=O)NC[C@@H]3CCCOC3)c2)CC1. The number of nitrogens with one attached hydrogen (secondary N) is 2. The Bertz CT molecular complexity index is 620. The molecule has 2 aliphatic rings. The first kappa shape index (κ1) is 18.7. The molecule has 2 saturated heterocycles. The van der Waals surface area contributed by atoms with Crippen molar-refractivity contribution in [3.05, 3.63) is 29.8 Å². The quantitative estimate of drug-likeness (QED) is 0.868. The Labute approximate surface area is 155 Å². The van der Waals surface area contributed by atoms with Crippen LogP contribution in [0.15, 0.2) is 24.3 Å². The number of nitrogens with zero attached hydrogens (tertiary/aromatic N) is 1. The molecule has 6 nitrogen and oxygen atoms in total. The van der Waals surface area contributed by atoms with Crippen LogP contribution in [-0.2, 0) is 4.74 Å². The van der Waals surface area contributed by atoms with Gasteiger partial charge in [0.05, 0.1) is 6.61 Å². The maximum Gasteiger partial charge on any atom is 0.319 e. The van der Waals surface area contributed by atoms with Gasteiger partial charge in [-0.15, -0.1) is 0 Å². The molecule has 1 aromatic carbocycles. The largest absolute Gasteiger partial charge is 0.381 e. The van der Waals surface area contributed by atoms with Crippen LogP contribution in [0.5, 0.6) is 0 Å². The first-order chi connectivity index (χ1) is 12.6. The van der Waals surface area contributed by atoms with E-state index in [4.69, 9.17) is 4.74 Å². The summed E-state index contributed by atoms with van der Waals surface area (Å²) in [6.07, 6.45) is 4.24. The van der Waals surface area contributed by atoms with Crippen molar-refractivity contribution in [3.63, 3.8) is 0 Å². The van der Waals surface area contributed by atoms with Gasteiger partial charge in [0.2, 0.25) is 0 Å². The Balaban J connectivity index is 1.51. The van der Waals surface area contributed by atoms with Gasteiger partial charge in [-0.2, -0.15) is 0 Å². The zero-order valence-corrected chi connectivity index (χ0v) is 15.5.